The maximum atomic E-state index is 13.5. The maximum absolute atomic E-state index is 13.5. The Kier molecular flexibility index (Phi) is 6.53. The highest BCUT2D eigenvalue weighted by molar-refractivity contribution is 6.07. The molecule has 0 aromatic heterocycles. The van der Waals surface area contributed by atoms with Gasteiger partial charge in [-0.1, -0.05) is 48.5 Å². The Morgan fingerprint density at radius 2 is 1.41 bits per heavy atom. The lowest BCUT2D eigenvalue weighted by atomic mass is 10.0. The molecule has 0 spiro atoms. The third kappa shape index (κ3) is 5.09. The van der Waals surface area contributed by atoms with Gasteiger partial charge in [0, 0.05) is 23.5 Å². The van der Waals surface area contributed by atoms with Crippen LogP contribution in [0.4, 0.5) is 30.2 Å². The van der Waals surface area contributed by atoms with Crippen LogP contribution in [-0.4, -0.2) is 22.9 Å². The molecule has 0 heterocycles. The maximum Gasteiger partial charge on any atom is 0.471 e. The highest BCUT2D eigenvalue weighted by atomic mass is 19.4. The van der Waals surface area contributed by atoms with Crippen molar-refractivity contribution in [1.82, 2.24) is 0 Å². The number of anilines is 2. The molecule has 1 unspecified atom stereocenters. The van der Waals surface area contributed by atoms with Gasteiger partial charge in [0.1, 0.15) is 6.04 Å². The molecule has 32 heavy (non-hydrogen) atoms. The van der Waals surface area contributed by atoms with Gasteiger partial charge in [-0.2, -0.15) is 13.2 Å². The molecule has 0 aliphatic rings. The van der Waals surface area contributed by atoms with E-state index >= 15 is 0 Å². The van der Waals surface area contributed by atoms with E-state index in [1.165, 1.54) is 60.7 Å². The fourth-order valence-electron chi connectivity index (χ4n) is 3.04. The minimum absolute atomic E-state index is 0.119. The van der Waals surface area contributed by atoms with Gasteiger partial charge in [0.2, 0.25) is 0 Å². The van der Waals surface area contributed by atoms with Crippen LogP contribution in [0.15, 0.2) is 84.9 Å². The monoisotopic (exact) mass is 443 g/mol. The molecule has 1 atom stereocenters. The number of amides is 2. The number of nitrogens with zero attached hydrogens (tertiary/aromatic N) is 2. The van der Waals surface area contributed by atoms with Gasteiger partial charge >= 0.3 is 12.1 Å². The number of non-ortho nitro benzene ring substituents is 1. The SMILES string of the molecule is O=C(Nc1ccc([N+](=O)[O-])cc1)C(c1ccccc1)N(C(=O)C(F)(F)F)c1ccccc1. The zero-order valence-electron chi connectivity index (χ0n) is 16.3. The summed E-state index contributed by atoms with van der Waals surface area (Å²) in [4.78, 5) is 36.1. The summed E-state index contributed by atoms with van der Waals surface area (Å²) in [5, 5.41) is 13.3. The van der Waals surface area contributed by atoms with E-state index in [1.807, 2.05) is 0 Å². The predicted molar refractivity (Wildman–Crippen MR) is 111 cm³/mol. The number of nitro benzene ring substituents is 1. The molecule has 0 bridgehead atoms. The van der Waals surface area contributed by atoms with Gasteiger partial charge < -0.3 is 5.32 Å². The van der Waals surface area contributed by atoms with Crippen molar-refractivity contribution in [2.24, 2.45) is 0 Å². The molecule has 0 fully saturated rings. The van der Waals surface area contributed by atoms with Crippen LogP contribution in [0.3, 0.4) is 0 Å². The van der Waals surface area contributed by atoms with Crippen LogP contribution in [0.5, 0.6) is 0 Å². The summed E-state index contributed by atoms with van der Waals surface area (Å²) in [6.07, 6.45) is -5.24. The van der Waals surface area contributed by atoms with Crippen LogP contribution >= 0.6 is 0 Å². The second kappa shape index (κ2) is 9.29. The van der Waals surface area contributed by atoms with Gasteiger partial charge in [0.05, 0.1) is 4.92 Å². The number of carbonyl (C=O) groups is 2. The van der Waals surface area contributed by atoms with E-state index in [0.29, 0.717) is 4.90 Å². The first-order chi connectivity index (χ1) is 15.2. The number of hydrogen-bond acceptors (Lipinski definition) is 4. The van der Waals surface area contributed by atoms with Gasteiger partial charge in [-0.05, 0) is 29.8 Å². The Balaban J connectivity index is 2.06. The summed E-state index contributed by atoms with van der Waals surface area (Å²) < 4.78 is 40.5. The van der Waals surface area contributed by atoms with Crippen molar-refractivity contribution in [3.05, 3.63) is 101 Å². The minimum atomic E-state index is -5.24. The molecule has 0 saturated heterocycles. The molecule has 164 valence electrons. The Morgan fingerprint density at radius 1 is 0.875 bits per heavy atom. The molecular formula is C22H16F3N3O4. The van der Waals surface area contributed by atoms with Gasteiger partial charge in [0.15, 0.2) is 0 Å². The standard InChI is InChI=1S/C22H16F3N3O4/c23-22(24,25)21(30)27(17-9-5-2-6-10-17)19(15-7-3-1-4-8-15)20(29)26-16-11-13-18(14-12-16)28(31)32/h1-14,19H,(H,26,29). The van der Waals surface area contributed by atoms with E-state index in [1.54, 1.807) is 12.1 Å². The van der Waals surface area contributed by atoms with Crippen LogP contribution in [-0.2, 0) is 9.59 Å². The van der Waals surface area contributed by atoms with Crippen LogP contribution in [0.2, 0.25) is 0 Å². The number of carbonyl (C=O) groups excluding carboxylic acids is 2. The molecule has 0 radical (unpaired) electrons. The first-order valence-corrected chi connectivity index (χ1v) is 9.24. The summed E-state index contributed by atoms with van der Waals surface area (Å²) in [5.41, 5.74) is -0.0781. The van der Waals surface area contributed by atoms with Crippen molar-refractivity contribution >= 4 is 28.9 Å². The van der Waals surface area contributed by atoms with E-state index < -0.39 is 29.0 Å². The zero-order valence-corrected chi connectivity index (χ0v) is 16.3. The number of hydrogen-bond donors (Lipinski definition) is 1. The molecule has 1 N–H and O–H groups in total. The number of benzene rings is 3. The van der Waals surface area contributed by atoms with Gasteiger partial charge in [-0.15, -0.1) is 0 Å². The van der Waals surface area contributed by atoms with Crippen LogP contribution < -0.4 is 10.2 Å². The van der Waals surface area contributed by atoms with E-state index in [4.69, 9.17) is 0 Å². The topological polar surface area (TPSA) is 92.5 Å². The molecular weight excluding hydrogens is 427 g/mol. The van der Waals surface area contributed by atoms with Crippen LogP contribution in [0.1, 0.15) is 11.6 Å². The molecule has 0 aliphatic heterocycles. The van der Waals surface area contributed by atoms with Crippen molar-refractivity contribution in [3.8, 4) is 0 Å². The van der Waals surface area contributed by atoms with Crippen molar-refractivity contribution in [2.45, 2.75) is 12.2 Å². The van der Waals surface area contributed by atoms with E-state index in [0.717, 1.165) is 12.1 Å². The summed E-state index contributed by atoms with van der Waals surface area (Å²) in [5.74, 6) is -3.14. The number of rotatable bonds is 6. The molecule has 2 amide bonds. The van der Waals surface area contributed by atoms with Crippen LogP contribution in [0, 0.1) is 10.1 Å². The molecule has 10 heteroatoms. The first-order valence-electron chi connectivity index (χ1n) is 9.24. The summed E-state index contributed by atoms with van der Waals surface area (Å²) in [7, 11) is 0. The lowest BCUT2D eigenvalue weighted by molar-refractivity contribution is -0.384. The highest BCUT2D eigenvalue weighted by Gasteiger charge is 2.47. The van der Waals surface area contributed by atoms with Crippen molar-refractivity contribution < 1.29 is 27.7 Å². The van der Waals surface area contributed by atoms with Gasteiger partial charge in [0.25, 0.3) is 11.6 Å². The fourth-order valence-corrected chi connectivity index (χ4v) is 3.04. The Labute approximate surface area is 180 Å². The quantitative estimate of drug-likeness (QED) is 0.435. The van der Waals surface area contributed by atoms with Crippen molar-refractivity contribution in [2.75, 3.05) is 10.2 Å². The smallest absolute Gasteiger partial charge is 0.324 e. The third-order valence-corrected chi connectivity index (χ3v) is 4.46. The number of halogens is 3. The lowest BCUT2D eigenvalue weighted by Gasteiger charge is -2.32. The van der Waals surface area contributed by atoms with E-state index in [9.17, 15) is 32.9 Å². The second-order valence-electron chi connectivity index (χ2n) is 6.61. The summed E-state index contributed by atoms with van der Waals surface area (Å²) in [6, 6.07) is 17.7. The molecule has 3 aromatic carbocycles. The zero-order chi connectivity index (χ0) is 23.3. The van der Waals surface area contributed by atoms with E-state index in [2.05, 4.69) is 5.32 Å². The molecule has 3 aromatic rings. The van der Waals surface area contributed by atoms with Gasteiger partial charge in [-0.25, -0.2) is 0 Å². The molecule has 7 nitrogen and oxygen atoms in total. The number of para-hydroxylation sites is 1. The number of nitro groups is 1. The van der Waals surface area contributed by atoms with Crippen LogP contribution in [0.25, 0.3) is 0 Å². The average Bonchev–Trinajstić information content (AvgIpc) is 2.77. The highest BCUT2D eigenvalue weighted by Crippen LogP contribution is 2.33. The second-order valence-corrected chi connectivity index (χ2v) is 6.61. The predicted octanol–water partition coefficient (Wildman–Crippen LogP) is 4.87. The normalized spacial score (nSPS) is 12.0. The Hall–Kier alpha value is -4.21. The fraction of sp³-hybridized carbons (Fsp3) is 0.0909. The first kappa shape index (κ1) is 22.5. The number of nitrogens with one attached hydrogen (secondary N) is 1. The minimum Gasteiger partial charge on any atom is -0.324 e. The average molecular weight is 443 g/mol. The van der Waals surface area contributed by atoms with Crippen molar-refractivity contribution in [3.63, 3.8) is 0 Å². The molecule has 0 aliphatic carbocycles. The van der Waals surface area contributed by atoms with Crippen molar-refractivity contribution in [1.29, 1.82) is 0 Å². The Bertz CT molecular complexity index is 1100. The third-order valence-electron chi connectivity index (χ3n) is 4.46. The van der Waals surface area contributed by atoms with Gasteiger partial charge in [-0.3, -0.25) is 24.6 Å². The lowest BCUT2D eigenvalue weighted by Crippen LogP contribution is -2.47. The Morgan fingerprint density at radius 3 is 1.91 bits per heavy atom. The molecule has 3 rings (SSSR count). The summed E-state index contributed by atoms with van der Waals surface area (Å²) in [6.45, 7) is 0. The largest absolute Gasteiger partial charge is 0.471 e. The summed E-state index contributed by atoms with van der Waals surface area (Å²) >= 11 is 0. The molecule has 0 saturated carbocycles. The van der Waals surface area contributed by atoms with E-state index in [-0.39, 0.29) is 22.6 Å². The number of alkyl halides is 3.